The van der Waals surface area contributed by atoms with Crippen molar-refractivity contribution in [1.29, 1.82) is 0 Å². The predicted octanol–water partition coefficient (Wildman–Crippen LogP) is 5.41. The number of carbonyl (C=O) groups is 1. The standard InChI is InChI=1S/C22H33NO6/c1-3-5-6-7-8-9-10-11-12-13-19(15-14-18(24)4-2)28-22(25)20-16-17-21(29-20)23(26)27/h16-19,24H,3-13H2,1-2H3. The van der Waals surface area contributed by atoms with Gasteiger partial charge in [-0.15, -0.1) is 0 Å². The summed E-state index contributed by atoms with van der Waals surface area (Å²) in [6.07, 6.45) is 10.1. The second kappa shape index (κ2) is 14.6. The number of furan rings is 1. The van der Waals surface area contributed by atoms with Crippen molar-refractivity contribution in [2.75, 3.05) is 0 Å². The number of rotatable bonds is 14. The second-order valence-corrected chi connectivity index (χ2v) is 7.12. The Labute approximate surface area is 173 Å². The number of nitrogens with zero attached hydrogens (tertiary/aromatic N) is 1. The lowest BCUT2D eigenvalue weighted by atomic mass is 10.0. The predicted molar refractivity (Wildman–Crippen MR) is 110 cm³/mol. The SMILES string of the molecule is CCCCCCCCCCCC(C#CC(O)CC)OC(=O)c1ccc([N+](=O)[O-])o1. The molecule has 0 spiro atoms. The Morgan fingerprint density at radius 2 is 1.72 bits per heavy atom. The van der Waals surface area contributed by atoms with Gasteiger partial charge in [0.1, 0.15) is 11.0 Å². The normalized spacial score (nSPS) is 12.7. The van der Waals surface area contributed by atoms with Crippen molar-refractivity contribution in [2.45, 2.75) is 96.7 Å². The van der Waals surface area contributed by atoms with Gasteiger partial charge >= 0.3 is 11.9 Å². The summed E-state index contributed by atoms with van der Waals surface area (Å²) < 4.78 is 10.2. The van der Waals surface area contributed by atoms with Crippen molar-refractivity contribution in [3.05, 3.63) is 28.0 Å². The summed E-state index contributed by atoms with van der Waals surface area (Å²) >= 11 is 0. The fourth-order valence-corrected chi connectivity index (χ4v) is 2.81. The van der Waals surface area contributed by atoms with Crippen molar-refractivity contribution in [2.24, 2.45) is 0 Å². The molecule has 0 radical (unpaired) electrons. The van der Waals surface area contributed by atoms with E-state index in [4.69, 9.17) is 9.15 Å². The molecule has 7 heteroatoms. The van der Waals surface area contributed by atoms with Crippen LogP contribution in [0, 0.1) is 22.0 Å². The van der Waals surface area contributed by atoms with E-state index in [2.05, 4.69) is 18.8 Å². The van der Waals surface area contributed by atoms with Crippen LogP contribution >= 0.6 is 0 Å². The fraction of sp³-hybridized carbons (Fsp3) is 0.682. The topological polar surface area (TPSA) is 103 Å². The van der Waals surface area contributed by atoms with Crippen LogP contribution in [0.25, 0.3) is 0 Å². The minimum absolute atomic E-state index is 0.230. The number of unbranched alkanes of at least 4 members (excludes halogenated alkanes) is 8. The summed E-state index contributed by atoms with van der Waals surface area (Å²) in [5.41, 5.74) is 0. The van der Waals surface area contributed by atoms with Crippen molar-refractivity contribution >= 4 is 11.9 Å². The average Bonchev–Trinajstić information content (AvgIpc) is 3.21. The maximum absolute atomic E-state index is 12.2. The van der Waals surface area contributed by atoms with Gasteiger partial charge in [-0.25, -0.2) is 4.79 Å². The van der Waals surface area contributed by atoms with Gasteiger partial charge in [-0.2, -0.15) is 0 Å². The fourth-order valence-electron chi connectivity index (χ4n) is 2.81. The maximum atomic E-state index is 12.2. The van der Waals surface area contributed by atoms with Crippen LogP contribution in [0.15, 0.2) is 16.5 Å². The van der Waals surface area contributed by atoms with Crippen LogP contribution in [0.4, 0.5) is 5.88 Å². The molecule has 0 amide bonds. The number of esters is 1. The molecule has 0 bridgehead atoms. The minimum atomic E-state index is -0.792. The molecule has 0 saturated carbocycles. The summed E-state index contributed by atoms with van der Waals surface area (Å²) in [6, 6.07) is 2.32. The maximum Gasteiger partial charge on any atom is 0.433 e. The van der Waals surface area contributed by atoms with E-state index in [1.165, 1.54) is 44.6 Å². The Balaban J connectivity index is 2.47. The highest BCUT2D eigenvalue weighted by atomic mass is 16.7. The monoisotopic (exact) mass is 407 g/mol. The third kappa shape index (κ3) is 10.7. The van der Waals surface area contributed by atoms with Crippen molar-refractivity contribution in [3.63, 3.8) is 0 Å². The van der Waals surface area contributed by atoms with E-state index >= 15 is 0 Å². The first kappa shape index (κ1) is 24.7. The van der Waals surface area contributed by atoms with Gasteiger partial charge in [0.05, 0.1) is 6.07 Å². The molecule has 0 saturated heterocycles. The van der Waals surface area contributed by atoms with Gasteiger partial charge in [0.25, 0.3) is 0 Å². The molecule has 2 unspecified atom stereocenters. The van der Waals surface area contributed by atoms with Gasteiger partial charge in [0, 0.05) is 0 Å². The van der Waals surface area contributed by atoms with Gasteiger partial charge in [-0.3, -0.25) is 10.1 Å². The highest BCUT2D eigenvalue weighted by Gasteiger charge is 2.21. The Kier molecular flexibility index (Phi) is 12.5. The van der Waals surface area contributed by atoms with E-state index < -0.39 is 29.0 Å². The van der Waals surface area contributed by atoms with Crippen LogP contribution in [0.1, 0.15) is 95.0 Å². The molecule has 0 aromatic carbocycles. The molecule has 0 aliphatic carbocycles. The van der Waals surface area contributed by atoms with Gasteiger partial charge in [-0.1, -0.05) is 77.1 Å². The van der Waals surface area contributed by atoms with Crippen LogP contribution in [-0.4, -0.2) is 28.2 Å². The summed E-state index contributed by atoms with van der Waals surface area (Å²) in [5, 5.41) is 20.3. The molecule has 1 aromatic heterocycles. The van der Waals surface area contributed by atoms with Gasteiger partial charge in [-0.05, 0) is 25.3 Å². The highest BCUT2D eigenvalue weighted by molar-refractivity contribution is 5.86. The number of carbonyl (C=O) groups excluding carboxylic acids is 1. The second-order valence-electron chi connectivity index (χ2n) is 7.12. The molecular weight excluding hydrogens is 374 g/mol. The molecule has 2 atom stereocenters. The molecule has 0 fully saturated rings. The zero-order valence-electron chi connectivity index (χ0n) is 17.5. The zero-order chi connectivity index (χ0) is 21.5. The summed E-state index contributed by atoms with van der Waals surface area (Å²) in [5.74, 6) is 3.95. The van der Waals surface area contributed by atoms with Crippen LogP contribution in [0.3, 0.4) is 0 Å². The van der Waals surface area contributed by atoms with Crippen LogP contribution in [0.5, 0.6) is 0 Å². The highest BCUT2D eigenvalue weighted by Crippen LogP contribution is 2.18. The third-order valence-corrected chi connectivity index (χ3v) is 4.59. The van der Waals surface area contributed by atoms with Gasteiger partial charge in [0.15, 0.2) is 6.10 Å². The van der Waals surface area contributed by atoms with E-state index in [1.807, 2.05) is 6.92 Å². The largest absolute Gasteiger partial charge is 0.443 e. The Hall–Kier alpha value is -2.33. The third-order valence-electron chi connectivity index (χ3n) is 4.59. The summed E-state index contributed by atoms with van der Waals surface area (Å²) in [6.45, 7) is 4.02. The van der Waals surface area contributed by atoms with E-state index in [0.717, 1.165) is 25.3 Å². The van der Waals surface area contributed by atoms with Crippen molar-refractivity contribution in [3.8, 4) is 11.8 Å². The number of aliphatic hydroxyl groups is 1. The van der Waals surface area contributed by atoms with E-state index in [9.17, 15) is 20.0 Å². The molecule has 0 aliphatic heterocycles. The van der Waals surface area contributed by atoms with E-state index in [-0.39, 0.29) is 5.76 Å². The van der Waals surface area contributed by atoms with Gasteiger partial charge in [0.2, 0.25) is 5.76 Å². The summed E-state index contributed by atoms with van der Waals surface area (Å²) in [7, 11) is 0. The Morgan fingerprint density at radius 1 is 1.10 bits per heavy atom. The quantitative estimate of drug-likeness (QED) is 0.145. The first-order chi connectivity index (χ1) is 14.0. The van der Waals surface area contributed by atoms with Crippen LogP contribution in [0.2, 0.25) is 0 Å². The number of nitro groups is 1. The molecule has 29 heavy (non-hydrogen) atoms. The molecule has 1 aromatic rings. The minimum Gasteiger partial charge on any atom is -0.443 e. The zero-order valence-corrected chi connectivity index (χ0v) is 17.5. The first-order valence-electron chi connectivity index (χ1n) is 10.6. The Bertz CT molecular complexity index is 672. The van der Waals surface area contributed by atoms with Crippen LogP contribution < -0.4 is 0 Å². The molecule has 7 nitrogen and oxygen atoms in total. The smallest absolute Gasteiger partial charge is 0.433 e. The number of hydrogen-bond donors (Lipinski definition) is 1. The lowest BCUT2D eigenvalue weighted by molar-refractivity contribution is -0.402. The molecule has 1 rings (SSSR count). The number of ether oxygens (including phenoxy) is 1. The van der Waals surface area contributed by atoms with E-state index in [0.29, 0.717) is 12.8 Å². The lowest BCUT2D eigenvalue weighted by Crippen LogP contribution is -2.17. The molecule has 1 heterocycles. The molecule has 162 valence electrons. The Morgan fingerprint density at radius 3 is 2.28 bits per heavy atom. The summed E-state index contributed by atoms with van der Waals surface area (Å²) in [4.78, 5) is 22.2. The first-order valence-corrected chi connectivity index (χ1v) is 10.6. The van der Waals surface area contributed by atoms with Crippen molar-refractivity contribution in [1.82, 2.24) is 0 Å². The van der Waals surface area contributed by atoms with Crippen molar-refractivity contribution < 1.29 is 24.0 Å². The molecular formula is C22H33NO6. The van der Waals surface area contributed by atoms with Gasteiger partial charge < -0.3 is 14.3 Å². The molecule has 0 aliphatic rings. The molecule has 1 N–H and O–H groups in total. The average molecular weight is 408 g/mol. The van der Waals surface area contributed by atoms with Crippen LogP contribution in [-0.2, 0) is 4.74 Å². The lowest BCUT2D eigenvalue weighted by Gasteiger charge is -2.12. The van der Waals surface area contributed by atoms with E-state index in [1.54, 1.807) is 0 Å². The number of hydrogen-bond acceptors (Lipinski definition) is 6. The number of aliphatic hydroxyl groups excluding tert-OH is 1.